The SMILES string of the molecule is COc1cc(Cl)c(-c2cc(-c3cnc(NC(=O)NC(C)C)s3)nc(-c3ccccn3)n2)c(Cl)c1. The predicted molar refractivity (Wildman–Crippen MR) is 136 cm³/mol. The van der Waals surface area contributed by atoms with E-state index < -0.39 is 0 Å². The van der Waals surface area contributed by atoms with Crippen molar-refractivity contribution >= 4 is 45.7 Å². The van der Waals surface area contributed by atoms with E-state index in [9.17, 15) is 4.79 Å². The fourth-order valence-corrected chi connectivity index (χ4v) is 4.50. The zero-order valence-corrected chi connectivity index (χ0v) is 20.8. The van der Waals surface area contributed by atoms with Crippen molar-refractivity contribution in [3.05, 3.63) is 58.8 Å². The van der Waals surface area contributed by atoms with Crippen LogP contribution in [0.25, 0.3) is 33.3 Å². The van der Waals surface area contributed by atoms with Crippen LogP contribution in [0, 0.1) is 0 Å². The van der Waals surface area contributed by atoms with Crippen molar-refractivity contribution in [2.45, 2.75) is 19.9 Å². The highest BCUT2D eigenvalue weighted by atomic mass is 35.5. The summed E-state index contributed by atoms with van der Waals surface area (Å²) in [6, 6.07) is 10.3. The van der Waals surface area contributed by atoms with E-state index in [4.69, 9.17) is 32.9 Å². The molecule has 4 rings (SSSR count). The van der Waals surface area contributed by atoms with Gasteiger partial charge in [-0.3, -0.25) is 10.3 Å². The van der Waals surface area contributed by atoms with Crippen molar-refractivity contribution in [3.63, 3.8) is 0 Å². The molecule has 0 bridgehead atoms. The molecule has 34 heavy (non-hydrogen) atoms. The number of aromatic nitrogens is 4. The van der Waals surface area contributed by atoms with Crippen LogP contribution < -0.4 is 15.4 Å². The minimum Gasteiger partial charge on any atom is -0.497 e. The molecule has 1 aromatic carbocycles. The van der Waals surface area contributed by atoms with E-state index in [1.54, 1.807) is 37.7 Å². The van der Waals surface area contributed by atoms with Crippen LogP contribution in [0.1, 0.15) is 13.8 Å². The number of nitrogens with one attached hydrogen (secondary N) is 2. The van der Waals surface area contributed by atoms with Gasteiger partial charge in [0.05, 0.1) is 33.4 Å². The molecule has 0 aliphatic carbocycles. The molecule has 8 nitrogen and oxygen atoms in total. The van der Waals surface area contributed by atoms with Crippen molar-refractivity contribution in [1.82, 2.24) is 25.3 Å². The maximum atomic E-state index is 12.0. The Morgan fingerprint density at radius 1 is 1.03 bits per heavy atom. The quantitative estimate of drug-likeness (QED) is 0.318. The van der Waals surface area contributed by atoms with Crippen molar-refractivity contribution in [2.24, 2.45) is 0 Å². The number of carbonyl (C=O) groups excluding carboxylic acids is 1. The predicted octanol–water partition coefficient (Wildman–Crippen LogP) is 6.17. The first kappa shape index (κ1) is 23.9. The molecule has 0 spiro atoms. The average molecular weight is 515 g/mol. The molecule has 3 heterocycles. The molecule has 0 fully saturated rings. The summed E-state index contributed by atoms with van der Waals surface area (Å²) in [5.41, 5.74) is 2.24. The molecule has 3 aromatic heterocycles. The van der Waals surface area contributed by atoms with Crippen LogP contribution in [0.5, 0.6) is 5.75 Å². The molecular formula is C23H20Cl2N6O2S. The van der Waals surface area contributed by atoms with Gasteiger partial charge in [-0.15, -0.1) is 0 Å². The zero-order chi connectivity index (χ0) is 24.2. The first-order valence-corrected chi connectivity index (χ1v) is 11.8. The summed E-state index contributed by atoms with van der Waals surface area (Å²) in [5, 5.41) is 6.71. The van der Waals surface area contributed by atoms with Crippen LogP contribution in [0.3, 0.4) is 0 Å². The number of pyridine rings is 1. The third-order valence-corrected chi connectivity index (χ3v) is 6.06. The van der Waals surface area contributed by atoms with Gasteiger partial charge in [-0.2, -0.15) is 0 Å². The summed E-state index contributed by atoms with van der Waals surface area (Å²) in [7, 11) is 1.54. The highest BCUT2D eigenvalue weighted by Gasteiger charge is 2.18. The largest absolute Gasteiger partial charge is 0.497 e. The molecule has 174 valence electrons. The Balaban J connectivity index is 1.80. The second kappa shape index (κ2) is 10.3. The number of anilines is 1. The van der Waals surface area contributed by atoms with Gasteiger partial charge in [-0.05, 0) is 44.2 Å². The van der Waals surface area contributed by atoms with Crippen LogP contribution in [-0.2, 0) is 0 Å². The smallest absolute Gasteiger partial charge is 0.321 e. The van der Waals surface area contributed by atoms with Crippen LogP contribution in [0.4, 0.5) is 9.93 Å². The third-order valence-electron chi connectivity index (χ3n) is 4.53. The lowest BCUT2D eigenvalue weighted by molar-refractivity contribution is 0.250. The normalized spacial score (nSPS) is 10.9. The van der Waals surface area contributed by atoms with Crippen LogP contribution >= 0.6 is 34.5 Å². The molecule has 2 amide bonds. The van der Waals surface area contributed by atoms with Gasteiger partial charge in [0.15, 0.2) is 11.0 Å². The summed E-state index contributed by atoms with van der Waals surface area (Å²) in [6.07, 6.45) is 3.31. The van der Waals surface area contributed by atoms with E-state index in [0.717, 1.165) is 4.88 Å². The van der Waals surface area contributed by atoms with Crippen molar-refractivity contribution in [2.75, 3.05) is 12.4 Å². The third kappa shape index (κ3) is 5.44. The minimum absolute atomic E-state index is 0.00350. The van der Waals surface area contributed by atoms with Gasteiger partial charge in [-0.1, -0.05) is 40.6 Å². The van der Waals surface area contributed by atoms with E-state index in [0.29, 0.717) is 49.4 Å². The van der Waals surface area contributed by atoms with E-state index in [2.05, 4.69) is 25.6 Å². The number of ether oxygens (including phenoxy) is 1. The van der Waals surface area contributed by atoms with Crippen LogP contribution in [0.15, 0.2) is 48.8 Å². The molecule has 11 heteroatoms. The lowest BCUT2D eigenvalue weighted by Crippen LogP contribution is -2.34. The summed E-state index contributed by atoms with van der Waals surface area (Å²) in [5.74, 6) is 0.937. The van der Waals surface area contributed by atoms with Gasteiger partial charge < -0.3 is 10.1 Å². The summed E-state index contributed by atoms with van der Waals surface area (Å²) in [4.78, 5) is 30.8. The van der Waals surface area contributed by atoms with Gasteiger partial charge in [0.1, 0.15) is 11.4 Å². The van der Waals surface area contributed by atoms with Gasteiger partial charge in [0, 0.05) is 24.0 Å². The first-order chi connectivity index (χ1) is 16.3. The fraction of sp³-hybridized carbons (Fsp3) is 0.174. The maximum Gasteiger partial charge on any atom is 0.321 e. The summed E-state index contributed by atoms with van der Waals surface area (Å²) in [6.45, 7) is 3.76. The summed E-state index contributed by atoms with van der Waals surface area (Å²) < 4.78 is 5.25. The molecule has 0 aliphatic rings. The van der Waals surface area contributed by atoms with Gasteiger partial charge in [0.25, 0.3) is 0 Å². The van der Waals surface area contributed by atoms with E-state index in [1.165, 1.54) is 11.3 Å². The number of halogens is 2. The van der Waals surface area contributed by atoms with E-state index in [-0.39, 0.29) is 12.1 Å². The Morgan fingerprint density at radius 3 is 2.41 bits per heavy atom. The van der Waals surface area contributed by atoms with E-state index in [1.807, 2.05) is 32.0 Å². The van der Waals surface area contributed by atoms with Crippen molar-refractivity contribution in [1.29, 1.82) is 0 Å². The summed E-state index contributed by atoms with van der Waals surface area (Å²) >= 11 is 14.4. The number of rotatable bonds is 6. The number of urea groups is 1. The number of hydrogen-bond donors (Lipinski definition) is 2. The fourth-order valence-electron chi connectivity index (χ4n) is 3.07. The average Bonchev–Trinajstić information content (AvgIpc) is 3.26. The standard InChI is InChI=1S/C23H20Cl2N6O2S/c1-12(2)28-22(32)31-23-27-11-19(34-23)17-10-18(20-14(24)8-13(33-3)9-15(20)25)30-21(29-17)16-6-4-5-7-26-16/h4-12H,1-3H3,(H2,27,28,31,32). The zero-order valence-electron chi connectivity index (χ0n) is 18.5. The Bertz CT molecular complexity index is 1310. The molecule has 0 unspecified atom stereocenters. The topological polar surface area (TPSA) is 102 Å². The number of methoxy groups -OCH3 is 1. The molecule has 0 saturated heterocycles. The number of benzene rings is 1. The molecule has 4 aromatic rings. The number of amides is 2. The molecule has 0 atom stereocenters. The second-order valence-electron chi connectivity index (χ2n) is 7.43. The lowest BCUT2D eigenvalue weighted by Gasteiger charge is -2.11. The highest BCUT2D eigenvalue weighted by Crippen LogP contribution is 2.39. The Kier molecular flexibility index (Phi) is 7.26. The van der Waals surface area contributed by atoms with E-state index >= 15 is 0 Å². The van der Waals surface area contributed by atoms with Crippen LogP contribution in [0.2, 0.25) is 10.0 Å². The molecule has 0 radical (unpaired) electrons. The molecular weight excluding hydrogens is 495 g/mol. The molecule has 2 N–H and O–H groups in total. The lowest BCUT2D eigenvalue weighted by atomic mass is 10.1. The number of hydrogen-bond acceptors (Lipinski definition) is 7. The molecule has 0 saturated carbocycles. The minimum atomic E-state index is -0.328. The first-order valence-electron chi connectivity index (χ1n) is 10.2. The Labute approximate surface area is 210 Å². The number of carbonyl (C=O) groups is 1. The Hall–Kier alpha value is -3.27. The highest BCUT2D eigenvalue weighted by molar-refractivity contribution is 7.19. The van der Waals surface area contributed by atoms with Gasteiger partial charge in [-0.25, -0.2) is 19.7 Å². The Morgan fingerprint density at radius 2 is 1.76 bits per heavy atom. The monoisotopic (exact) mass is 514 g/mol. The number of nitrogens with zero attached hydrogens (tertiary/aromatic N) is 4. The van der Waals surface area contributed by atoms with Gasteiger partial charge in [0.2, 0.25) is 0 Å². The second-order valence-corrected chi connectivity index (χ2v) is 9.27. The van der Waals surface area contributed by atoms with Crippen LogP contribution in [-0.4, -0.2) is 39.1 Å². The van der Waals surface area contributed by atoms with Crippen molar-refractivity contribution < 1.29 is 9.53 Å². The maximum absolute atomic E-state index is 12.0. The number of thiazole rings is 1. The van der Waals surface area contributed by atoms with Crippen molar-refractivity contribution in [3.8, 4) is 39.1 Å². The molecule has 0 aliphatic heterocycles. The van der Waals surface area contributed by atoms with Gasteiger partial charge >= 0.3 is 6.03 Å².